The summed E-state index contributed by atoms with van der Waals surface area (Å²) < 4.78 is 2.01. The number of imide groups is 1. The van der Waals surface area contributed by atoms with E-state index in [0.29, 0.717) is 16.8 Å². The van der Waals surface area contributed by atoms with Gasteiger partial charge >= 0.3 is 0 Å². The lowest BCUT2D eigenvalue weighted by Crippen LogP contribution is -2.33. The number of hydrogen-bond donors (Lipinski definition) is 2. The molecule has 0 spiro atoms. The summed E-state index contributed by atoms with van der Waals surface area (Å²) in [4.78, 5) is 43.1. The number of fused-ring (bicyclic) bond motifs is 1. The Balaban J connectivity index is 1.70. The molecule has 4 aromatic rings. The molecule has 2 aliphatic rings. The second-order valence-corrected chi connectivity index (χ2v) is 8.40. The first-order chi connectivity index (χ1) is 15.4. The molecule has 0 fully saturated rings. The lowest BCUT2D eigenvalue weighted by molar-refractivity contribution is -0.139. The third kappa shape index (κ3) is 2.45. The maximum Gasteiger partial charge on any atom is 0.259 e. The second kappa shape index (κ2) is 6.43. The van der Waals surface area contributed by atoms with Crippen molar-refractivity contribution in [1.29, 1.82) is 0 Å². The van der Waals surface area contributed by atoms with Crippen molar-refractivity contribution in [3.05, 3.63) is 87.5 Å². The number of rotatable bonds is 1. The van der Waals surface area contributed by atoms with Crippen LogP contribution >= 0.6 is 0 Å². The molecule has 2 aromatic heterocycles. The zero-order valence-electron chi connectivity index (χ0n) is 17.6. The quantitative estimate of drug-likeness (QED) is 0.491. The number of carbonyl (C=O) groups is 2. The minimum Gasteiger partial charge on any atom is -0.356 e. The highest BCUT2D eigenvalue weighted by atomic mass is 16.2. The molecule has 0 unspecified atom stereocenters. The number of anilines is 1. The van der Waals surface area contributed by atoms with Gasteiger partial charge in [-0.05, 0) is 35.2 Å². The summed E-state index contributed by atoms with van der Waals surface area (Å²) in [6.45, 7) is 1.55. The normalized spacial score (nSPS) is 17.6. The predicted molar refractivity (Wildman–Crippen MR) is 122 cm³/mol. The third-order valence-corrected chi connectivity index (χ3v) is 6.52. The van der Waals surface area contributed by atoms with E-state index in [2.05, 4.69) is 10.3 Å². The van der Waals surface area contributed by atoms with Crippen LogP contribution in [-0.4, -0.2) is 32.8 Å². The average Bonchev–Trinajstić information content (AvgIpc) is 3.22. The summed E-state index contributed by atoms with van der Waals surface area (Å²) in [5.41, 5.74) is 4.83. The largest absolute Gasteiger partial charge is 0.356 e. The highest BCUT2D eigenvalue weighted by Crippen LogP contribution is 2.45. The van der Waals surface area contributed by atoms with Crippen molar-refractivity contribution in [1.82, 2.24) is 14.5 Å². The van der Waals surface area contributed by atoms with Crippen molar-refractivity contribution in [2.24, 2.45) is 7.05 Å². The first-order valence-electron chi connectivity index (χ1n) is 10.5. The second-order valence-electron chi connectivity index (χ2n) is 8.40. The fourth-order valence-corrected chi connectivity index (χ4v) is 5.07. The van der Waals surface area contributed by atoms with Gasteiger partial charge in [0, 0.05) is 53.9 Å². The molecule has 0 radical (unpaired) electrons. The minimum atomic E-state index is -0.602. The summed E-state index contributed by atoms with van der Waals surface area (Å²) >= 11 is 0. The number of aromatic amines is 1. The highest BCUT2D eigenvalue weighted by molar-refractivity contribution is 6.11. The Hall–Kier alpha value is -4.13. The number of H-pyrrole nitrogens is 1. The molecule has 2 N–H and O–H groups in total. The van der Waals surface area contributed by atoms with Gasteiger partial charge in [-0.1, -0.05) is 24.3 Å². The van der Waals surface area contributed by atoms with Crippen LogP contribution in [0, 0.1) is 0 Å². The number of nitrogens with zero attached hydrogens (tertiary/aromatic N) is 2. The van der Waals surface area contributed by atoms with E-state index < -0.39 is 5.92 Å². The van der Waals surface area contributed by atoms with E-state index >= 15 is 0 Å². The number of benzene rings is 2. The van der Waals surface area contributed by atoms with Gasteiger partial charge < -0.3 is 14.9 Å². The topological polar surface area (TPSA) is 87.2 Å². The zero-order valence-corrected chi connectivity index (χ0v) is 17.6. The van der Waals surface area contributed by atoms with E-state index in [9.17, 15) is 14.4 Å². The van der Waals surface area contributed by atoms with E-state index in [1.165, 1.54) is 11.8 Å². The van der Waals surface area contributed by atoms with Gasteiger partial charge in [0.1, 0.15) is 0 Å². The van der Waals surface area contributed by atoms with Gasteiger partial charge in [0.05, 0.1) is 17.6 Å². The Morgan fingerprint density at radius 3 is 2.69 bits per heavy atom. The molecule has 2 aromatic carbocycles. The summed E-state index contributed by atoms with van der Waals surface area (Å²) in [5, 5.41) is 5.27. The smallest absolute Gasteiger partial charge is 0.259 e. The fraction of sp³-hybridized carbons (Fsp3) is 0.160. The van der Waals surface area contributed by atoms with Crippen molar-refractivity contribution < 1.29 is 9.59 Å². The van der Waals surface area contributed by atoms with Gasteiger partial charge in [-0.15, -0.1) is 0 Å². The molecule has 0 aliphatic carbocycles. The van der Waals surface area contributed by atoms with E-state index in [1.54, 1.807) is 0 Å². The molecule has 4 heterocycles. The lowest BCUT2D eigenvalue weighted by atomic mass is 9.84. The zero-order chi connectivity index (χ0) is 22.1. The van der Waals surface area contributed by atoms with Crippen molar-refractivity contribution in [2.75, 3.05) is 11.9 Å². The molecule has 7 heteroatoms. The summed E-state index contributed by atoms with van der Waals surface area (Å²) in [6, 6.07) is 15.4. The van der Waals surface area contributed by atoms with Crippen LogP contribution < -0.4 is 10.9 Å². The molecule has 2 aliphatic heterocycles. The number of para-hydroxylation sites is 1. The van der Waals surface area contributed by atoms with Gasteiger partial charge in [-0.25, -0.2) is 0 Å². The first-order valence-corrected chi connectivity index (χ1v) is 10.5. The number of aryl methyl sites for hydroxylation is 1. The van der Waals surface area contributed by atoms with Crippen LogP contribution in [0.3, 0.4) is 0 Å². The van der Waals surface area contributed by atoms with Crippen LogP contribution in [0.25, 0.3) is 21.8 Å². The third-order valence-electron chi connectivity index (χ3n) is 6.52. The number of aromatic nitrogens is 2. The SMILES string of the molecule is CC(=O)N1CC2=C(C1=O)[C@@H](c1cc3ccccc3[nH]c1=O)c1cn(C)c3cccc(c13)N2. The molecule has 32 heavy (non-hydrogen) atoms. The molecule has 0 saturated carbocycles. The van der Waals surface area contributed by atoms with Crippen LogP contribution in [0.2, 0.25) is 0 Å². The maximum absolute atomic E-state index is 13.5. The van der Waals surface area contributed by atoms with E-state index in [1.807, 2.05) is 66.3 Å². The van der Waals surface area contributed by atoms with Gasteiger partial charge in [0.25, 0.3) is 11.5 Å². The number of hydrogen-bond acceptors (Lipinski definition) is 4. The Morgan fingerprint density at radius 2 is 1.88 bits per heavy atom. The maximum atomic E-state index is 13.5. The predicted octanol–water partition coefficient (Wildman–Crippen LogP) is 3.22. The molecule has 0 bridgehead atoms. The van der Waals surface area contributed by atoms with Crippen molar-refractivity contribution in [3.8, 4) is 0 Å². The Kier molecular flexibility index (Phi) is 3.74. The Morgan fingerprint density at radius 1 is 1.06 bits per heavy atom. The van der Waals surface area contributed by atoms with Gasteiger partial charge in [-0.3, -0.25) is 19.3 Å². The fourth-order valence-electron chi connectivity index (χ4n) is 5.07. The van der Waals surface area contributed by atoms with Crippen molar-refractivity contribution >= 4 is 39.3 Å². The monoisotopic (exact) mass is 424 g/mol. The Labute approximate surface area is 183 Å². The highest BCUT2D eigenvalue weighted by Gasteiger charge is 2.42. The molecule has 0 saturated heterocycles. The molecular weight excluding hydrogens is 404 g/mol. The van der Waals surface area contributed by atoms with Gasteiger partial charge in [0.15, 0.2) is 0 Å². The van der Waals surface area contributed by atoms with E-state index in [-0.39, 0.29) is 23.9 Å². The van der Waals surface area contributed by atoms with Gasteiger partial charge in [0.2, 0.25) is 5.91 Å². The summed E-state index contributed by atoms with van der Waals surface area (Å²) in [6.07, 6.45) is 1.98. The summed E-state index contributed by atoms with van der Waals surface area (Å²) in [5.74, 6) is -1.28. The molecule has 7 nitrogen and oxygen atoms in total. The standard InChI is InChI=1S/C25H20N4O3/c1-13(30)29-12-19-23(25(29)32)21(15-10-14-6-3-4-7-17(14)27-24(15)31)16-11-28(2)20-9-5-8-18(26-19)22(16)20/h3-11,21,26H,12H2,1-2H3,(H,27,31)/t21-/m0/s1. The van der Waals surface area contributed by atoms with E-state index in [0.717, 1.165) is 33.1 Å². The van der Waals surface area contributed by atoms with Crippen LogP contribution in [0.1, 0.15) is 24.0 Å². The average molecular weight is 424 g/mol. The number of amides is 2. The Bertz CT molecular complexity index is 1570. The first kappa shape index (κ1) is 18.6. The number of nitrogens with one attached hydrogen (secondary N) is 2. The lowest BCUT2D eigenvalue weighted by Gasteiger charge is -2.19. The van der Waals surface area contributed by atoms with Crippen LogP contribution in [-0.2, 0) is 16.6 Å². The van der Waals surface area contributed by atoms with Crippen LogP contribution in [0.4, 0.5) is 5.69 Å². The van der Waals surface area contributed by atoms with Crippen LogP contribution in [0.5, 0.6) is 0 Å². The van der Waals surface area contributed by atoms with Crippen molar-refractivity contribution in [3.63, 3.8) is 0 Å². The number of carbonyl (C=O) groups excluding carboxylic acids is 2. The van der Waals surface area contributed by atoms with Gasteiger partial charge in [-0.2, -0.15) is 0 Å². The van der Waals surface area contributed by atoms with Crippen LogP contribution in [0.15, 0.2) is 70.8 Å². The molecular formula is C25H20N4O3. The van der Waals surface area contributed by atoms with E-state index in [4.69, 9.17) is 0 Å². The molecule has 158 valence electrons. The minimum absolute atomic E-state index is 0.165. The number of pyridine rings is 1. The summed E-state index contributed by atoms with van der Waals surface area (Å²) in [7, 11) is 1.95. The molecule has 2 amide bonds. The molecule has 6 rings (SSSR count). The van der Waals surface area contributed by atoms with Crippen molar-refractivity contribution in [2.45, 2.75) is 12.8 Å². The molecule has 1 atom stereocenters.